The van der Waals surface area contributed by atoms with Crippen LogP contribution in [0.5, 0.6) is 17.2 Å². The molecule has 1 heterocycles. The number of phenols is 2. The minimum Gasteiger partial charge on any atom is -0.507 e. The minimum atomic E-state index is -2.24. The van der Waals surface area contributed by atoms with Gasteiger partial charge in [0, 0.05) is 42.0 Å². The molecule has 12 nitrogen and oxygen atoms in total. The number of rotatable bonds is 5. The number of aliphatic hydroxyl groups is 3. The third-order valence-electron chi connectivity index (χ3n) is 9.46. The summed E-state index contributed by atoms with van der Waals surface area (Å²) in [5.41, 5.74) is 2.37. The number of aromatic hydroxyl groups is 2. The summed E-state index contributed by atoms with van der Waals surface area (Å²) in [4.78, 5) is 39.7. The molecule has 1 fully saturated rings. The first-order valence-corrected chi connectivity index (χ1v) is 16.1. The molecule has 1 saturated heterocycles. The van der Waals surface area contributed by atoms with Crippen molar-refractivity contribution >= 4 is 17.3 Å². The predicted octanol–water partition coefficient (Wildman–Crippen LogP) is 2.90. The highest BCUT2D eigenvalue weighted by atomic mass is 16.7. The van der Waals surface area contributed by atoms with Crippen molar-refractivity contribution in [2.24, 2.45) is 5.73 Å². The number of ether oxygens (including phenoxy) is 3. The van der Waals surface area contributed by atoms with Gasteiger partial charge in [0.25, 0.3) is 0 Å². The molecule has 0 unspecified atom stereocenters. The van der Waals surface area contributed by atoms with E-state index in [-0.39, 0.29) is 34.4 Å². The molecular formula is C35H43NO11. The third kappa shape index (κ3) is 6.58. The van der Waals surface area contributed by atoms with Crippen molar-refractivity contribution in [3.63, 3.8) is 0 Å². The zero-order valence-corrected chi connectivity index (χ0v) is 26.6. The number of hydrogen-bond acceptors (Lipinski definition) is 12. The number of carbonyl (C=O) groups excluding carboxylic acids is 3. The number of benzene rings is 2. The monoisotopic (exact) mass is 653 g/mol. The van der Waals surface area contributed by atoms with Crippen molar-refractivity contribution in [3.05, 3.63) is 63.7 Å². The van der Waals surface area contributed by atoms with Gasteiger partial charge >= 0.3 is 0 Å². The van der Waals surface area contributed by atoms with Crippen molar-refractivity contribution in [2.75, 3.05) is 13.7 Å². The Kier molecular flexibility index (Phi) is 10.5. The Labute approximate surface area is 272 Å². The standard InChI is InChI=1S/C27H29NO11.C8H14/c1-10-22(31)13(28)6-17(38-10)39-15-8-27(36,16(30)9-29)7-12-19(15)26(35)21-20(24(12)33)23(32)11-4-3-5-14(37-2)18(11)25(21)34;1-2-4-6-8-7-5-3-1/h3-5,10,13,15,17,22,29,31,33,35-36H,6-9,28H2,1-2H3;1-2H,3-8H2/b;2-1+/t10-,13-,15-,17-,22+,27-;/m0./s1. The molecule has 0 radical (unpaired) electrons. The molecule has 0 spiro atoms. The van der Waals surface area contributed by atoms with Gasteiger partial charge < -0.3 is 45.5 Å². The molecule has 254 valence electrons. The second-order valence-electron chi connectivity index (χ2n) is 12.6. The number of fused-ring (bicyclic) bond motifs is 3. The summed E-state index contributed by atoms with van der Waals surface area (Å²) < 4.78 is 17.0. The molecule has 0 aromatic heterocycles. The molecule has 3 aliphatic carbocycles. The maximum atomic E-state index is 13.6. The topological polar surface area (TPSA) is 206 Å². The summed E-state index contributed by atoms with van der Waals surface area (Å²) in [5, 5.41) is 53.7. The van der Waals surface area contributed by atoms with Gasteiger partial charge in [0.15, 0.2) is 17.9 Å². The molecule has 1 aliphatic heterocycles. The maximum absolute atomic E-state index is 13.6. The number of hydrogen-bond donors (Lipinski definition) is 6. The SMILES string of the molecule is C1=C/CCCCCC/1.COc1cccc2c1C(=O)c1c(O)c3c(c(O)c1C2=O)C[C@@](O)(C(=O)CO)C[C@@H]3O[C@H]1C[C@H](N)[C@H](O)[C@H](C)O1. The van der Waals surface area contributed by atoms with Gasteiger partial charge in [0.05, 0.1) is 42.1 Å². The molecule has 12 heteroatoms. The number of carbonyl (C=O) groups is 3. The lowest BCUT2D eigenvalue weighted by Crippen LogP contribution is -2.53. The van der Waals surface area contributed by atoms with Gasteiger partial charge in [0.1, 0.15) is 29.5 Å². The Bertz CT molecular complexity index is 1550. The lowest BCUT2D eigenvalue weighted by molar-refractivity contribution is -0.247. The van der Waals surface area contributed by atoms with Crippen LogP contribution in [0.15, 0.2) is 30.4 Å². The van der Waals surface area contributed by atoms with Crippen molar-refractivity contribution in [3.8, 4) is 17.2 Å². The average Bonchev–Trinajstić information content (AvgIpc) is 3.03. The molecule has 47 heavy (non-hydrogen) atoms. The highest BCUT2D eigenvalue weighted by Crippen LogP contribution is 2.52. The fourth-order valence-corrected chi connectivity index (χ4v) is 6.86. The normalized spacial score (nSPS) is 29.2. The highest BCUT2D eigenvalue weighted by molar-refractivity contribution is 6.31. The predicted molar refractivity (Wildman–Crippen MR) is 169 cm³/mol. The highest BCUT2D eigenvalue weighted by Gasteiger charge is 2.50. The number of ketones is 3. The van der Waals surface area contributed by atoms with Gasteiger partial charge in [-0.2, -0.15) is 0 Å². The Hall–Kier alpha value is -3.65. The lowest BCUT2D eigenvalue weighted by Gasteiger charge is -2.42. The minimum absolute atomic E-state index is 0.0173. The molecule has 6 rings (SSSR count). The van der Waals surface area contributed by atoms with Gasteiger partial charge in [-0.3, -0.25) is 14.4 Å². The first-order valence-electron chi connectivity index (χ1n) is 16.1. The Morgan fingerprint density at radius 3 is 2.30 bits per heavy atom. The first kappa shape index (κ1) is 34.7. The van der Waals surface area contributed by atoms with Crippen molar-refractivity contribution in [1.29, 1.82) is 0 Å². The second kappa shape index (κ2) is 14.2. The maximum Gasteiger partial charge on any atom is 0.202 e. The molecule has 0 bridgehead atoms. The van der Waals surface area contributed by atoms with E-state index in [0.717, 1.165) is 0 Å². The molecule has 4 aliphatic rings. The van der Waals surface area contributed by atoms with Crippen molar-refractivity contribution in [2.45, 2.75) is 101 Å². The van der Waals surface area contributed by atoms with Crippen LogP contribution >= 0.6 is 0 Å². The van der Waals surface area contributed by atoms with E-state index in [0.29, 0.717) is 0 Å². The molecular weight excluding hydrogens is 610 g/mol. The Morgan fingerprint density at radius 2 is 1.68 bits per heavy atom. The molecule has 6 atom stereocenters. The van der Waals surface area contributed by atoms with Crippen molar-refractivity contribution in [1.82, 2.24) is 0 Å². The van der Waals surface area contributed by atoms with E-state index in [1.807, 2.05) is 0 Å². The van der Waals surface area contributed by atoms with Crippen LogP contribution in [0.2, 0.25) is 0 Å². The molecule has 2 aromatic rings. The van der Waals surface area contributed by atoms with E-state index < -0.39 is 95.7 Å². The number of methoxy groups -OCH3 is 1. The van der Waals surface area contributed by atoms with Crippen LogP contribution in [0.1, 0.15) is 107 Å². The first-order chi connectivity index (χ1) is 22.4. The van der Waals surface area contributed by atoms with Crippen LogP contribution in [0.4, 0.5) is 0 Å². The smallest absolute Gasteiger partial charge is 0.202 e. The summed E-state index contributed by atoms with van der Waals surface area (Å²) >= 11 is 0. The number of nitrogens with two attached hydrogens (primary N) is 1. The fourth-order valence-electron chi connectivity index (χ4n) is 6.86. The van der Waals surface area contributed by atoms with Gasteiger partial charge in [-0.25, -0.2) is 0 Å². The van der Waals surface area contributed by atoms with Gasteiger partial charge in [-0.05, 0) is 38.7 Å². The van der Waals surface area contributed by atoms with E-state index in [4.69, 9.17) is 19.9 Å². The van der Waals surface area contributed by atoms with Gasteiger partial charge in [-0.1, -0.05) is 37.1 Å². The Morgan fingerprint density at radius 1 is 1.02 bits per heavy atom. The average molecular weight is 654 g/mol. The van der Waals surface area contributed by atoms with Crippen LogP contribution in [-0.2, 0) is 20.7 Å². The van der Waals surface area contributed by atoms with Gasteiger partial charge in [0.2, 0.25) is 5.78 Å². The lowest BCUT2D eigenvalue weighted by atomic mass is 9.72. The van der Waals surface area contributed by atoms with Crippen LogP contribution in [0.25, 0.3) is 0 Å². The van der Waals surface area contributed by atoms with E-state index in [9.17, 15) is 39.9 Å². The number of aliphatic hydroxyl groups excluding tert-OH is 2. The summed E-state index contributed by atoms with van der Waals surface area (Å²) in [6, 6.07) is 3.64. The zero-order valence-electron chi connectivity index (χ0n) is 26.6. The number of Topliss-reactive ketones (excluding diaryl/α,β-unsaturated/α-hetero) is 1. The summed E-state index contributed by atoms with van der Waals surface area (Å²) in [7, 11) is 1.32. The van der Waals surface area contributed by atoms with Crippen LogP contribution < -0.4 is 10.5 Å². The Balaban J connectivity index is 0.000000474. The summed E-state index contributed by atoms with van der Waals surface area (Å²) in [6.45, 7) is 0.560. The van der Waals surface area contributed by atoms with Crippen LogP contribution in [-0.4, -0.2) is 86.7 Å². The molecule has 0 saturated carbocycles. The molecule has 0 amide bonds. The van der Waals surface area contributed by atoms with Crippen LogP contribution in [0, 0.1) is 0 Å². The van der Waals surface area contributed by atoms with Crippen LogP contribution in [0.3, 0.4) is 0 Å². The van der Waals surface area contributed by atoms with Gasteiger partial charge in [-0.15, -0.1) is 0 Å². The van der Waals surface area contributed by atoms with E-state index in [2.05, 4.69) is 12.2 Å². The summed E-state index contributed by atoms with van der Waals surface area (Å²) in [5.74, 6) is -3.77. The quantitative estimate of drug-likeness (QED) is 0.174. The largest absolute Gasteiger partial charge is 0.507 e. The summed E-state index contributed by atoms with van der Waals surface area (Å²) in [6.07, 6.45) is 7.88. The zero-order chi connectivity index (χ0) is 34.0. The fraction of sp³-hybridized carbons (Fsp3) is 0.514. The molecule has 2 aromatic carbocycles. The number of phenolic OH excluding ortho intramolecular Hbond substituents is 2. The van der Waals surface area contributed by atoms with Crippen molar-refractivity contribution < 1.29 is 54.1 Å². The van der Waals surface area contributed by atoms with E-state index >= 15 is 0 Å². The second-order valence-corrected chi connectivity index (χ2v) is 12.6. The van der Waals surface area contributed by atoms with E-state index in [1.165, 1.54) is 63.8 Å². The van der Waals surface area contributed by atoms with E-state index in [1.54, 1.807) is 6.92 Å². The molecule has 7 N–H and O–H groups in total. The third-order valence-corrected chi connectivity index (χ3v) is 9.46. The number of allylic oxidation sites excluding steroid dienone is 2.